The zero-order chi connectivity index (χ0) is 17.8. The fourth-order valence-electron chi connectivity index (χ4n) is 2.61. The summed E-state index contributed by atoms with van der Waals surface area (Å²) in [5.74, 6) is -0.476. The van der Waals surface area contributed by atoms with Gasteiger partial charge in [0.1, 0.15) is 11.7 Å². The summed E-state index contributed by atoms with van der Waals surface area (Å²) in [5.41, 5.74) is 0.534. The van der Waals surface area contributed by atoms with Crippen LogP contribution in [0.4, 0.5) is 17.1 Å². The number of rotatable bonds is 4. The number of nitro benzene ring substituents is 1. The van der Waals surface area contributed by atoms with Gasteiger partial charge in [0.25, 0.3) is 5.69 Å². The van der Waals surface area contributed by atoms with Gasteiger partial charge in [0.2, 0.25) is 5.91 Å². The zero-order valence-corrected chi connectivity index (χ0v) is 13.0. The Bertz CT molecular complexity index is 834. The van der Waals surface area contributed by atoms with Crippen molar-refractivity contribution in [3.05, 3.63) is 64.7 Å². The van der Waals surface area contributed by atoms with Gasteiger partial charge in [-0.3, -0.25) is 19.7 Å². The molecule has 1 heterocycles. The highest BCUT2D eigenvalue weighted by molar-refractivity contribution is 5.98. The van der Waals surface area contributed by atoms with Crippen LogP contribution >= 0.6 is 0 Å². The SMILES string of the molecule is N#CC1CC(C(=O)Nc2ccccc2[N+](=O)[O-])N(c2ccccc2)O1. The minimum atomic E-state index is -0.771. The van der Waals surface area contributed by atoms with Crippen LogP contribution in [0, 0.1) is 21.4 Å². The molecule has 1 aliphatic heterocycles. The van der Waals surface area contributed by atoms with Crippen molar-refractivity contribution in [3.63, 3.8) is 0 Å². The van der Waals surface area contributed by atoms with Crippen LogP contribution in [0.1, 0.15) is 6.42 Å². The zero-order valence-electron chi connectivity index (χ0n) is 13.0. The number of carbonyl (C=O) groups excluding carboxylic acids is 1. The molecule has 0 bridgehead atoms. The highest BCUT2D eigenvalue weighted by Crippen LogP contribution is 2.30. The van der Waals surface area contributed by atoms with E-state index in [9.17, 15) is 14.9 Å². The number of carbonyl (C=O) groups is 1. The molecule has 0 saturated carbocycles. The van der Waals surface area contributed by atoms with E-state index in [2.05, 4.69) is 5.32 Å². The normalized spacial score (nSPS) is 19.2. The molecule has 2 aromatic carbocycles. The second kappa shape index (κ2) is 6.98. The van der Waals surface area contributed by atoms with Gasteiger partial charge in [-0.1, -0.05) is 30.3 Å². The molecule has 1 fully saturated rings. The van der Waals surface area contributed by atoms with Crippen LogP contribution in [0.3, 0.4) is 0 Å². The number of nitrogens with zero attached hydrogens (tertiary/aromatic N) is 3. The van der Waals surface area contributed by atoms with Crippen LogP contribution in [0.25, 0.3) is 0 Å². The summed E-state index contributed by atoms with van der Waals surface area (Å²) < 4.78 is 0. The van der Waals surface area contributed by atoms with E-state index in [0.29, 0.717) is 5.69 Å². The first kappa shape index (κ1) is 16.4. The van der Waals surface area contributed by atoms with Gasteiger partial charge in [-0.05, 0) is 18.2 Å². The monoisotopic (exact) mass is 338 g/mol. The Morgan fingerprint density at radius 1 is 1.24 bits per heavy atom. The van der Waals surface area contributed by atoms with Gasteiger partial charge >= 0.3 is 0 Å². The number of nitro groups is 1. The van der Waals surface area contributed by atoms with Crippen molar-refractivity contribution >= 4 is 23.0 Å². The number of nitriles is 1. The average Bonchev–Trinajstić information content (AvgIpc) is 3.07. The number of amides is 1. The van der Waals surface area contributed by atoms with Gasteiger partial charge in [0.05, 0.1) is 16.7 Å². The molecule has 2 atom stereocenters. The Hall–Kier alpha value is -3.44. The number of para-hydroxylation sites is 3. The minimum absolute atomic E-state index is 0.103. The van der Waals surface area contributed by atoms with Crippen LogP contribution in [0.2, 0.25) is 0 Å². The predicted octanol–water partition coefficient (Wildman–Crippen LogP) is 2.64. The number of hydrogen-bond donors (Lipinski definition) is 1. The second-order valence-electron chi connectivity index (χ2n) is 5.40. The van der Waals surface area contributed by atoms with E-state index in [1.54, 1.807) is 30.3 Å². The van der Waals surface area contributed by atoms with Gasteiger partial charge in [0.15, 0.2) is 6.10 Å². The molecule has 8 nitrogen and oxygen atoms in total. The first-order chi connectivity index (χ1) is 12.1. The van der Waals surface area contributed by atoms with Crippen molar-refractivity contribution in [1.82, 2.24) is 0 Å². The van der Waals surface area contributed by atoms with Crippen molar-refractivity contribution in [2.24, 2.45) is 0 Å². The lowest BCUT2D eigenvalue weighted by Gasteiger charge is -2.23. The molecule has 1 saturated heterocycles. The maximum absolute atomic E-state index is 12.7. The fourth-order valence-corrected chi connectivity index (χ4v) is 2.61. The van der Waals surface area contributed by atoms with Gasteiger partial charge in [-0.2, -0.15) is 5.26 Å². The molecule has 126 valence electrons. The molecule has 0 radical (unpaired) electrons. The molecular formula is C17H14N4O4. The maximum Gasteiger partial charge on any atom is 0.292 e. The molecule has 25 heavy (non-hydrogen) atoms. The fraction of sp³-hybridized carbons (Fsp3) is 0.176. The van der Waals surface area contributed by atoms with Crippen LogP contribution < -0.4 is 10.4 Å². The Labute approximate surface area is 143 Å². The van der Waals surface area contributed by atoms with Gasteiger partial charge in [-0.15, -0.1) is 0 Å². The molecule has 3 rings (SSSR count). The van der Waals surface area contributed by atoms with E-state index >= 15 is 0 Å². The Morgan fingerprint density at radius 3 is 2.60 bits per heavy atom. The van der Waals surface area contributed by atoms with Crippen molar-refractivity contribution in [3.8, 4) is 6.07 Å². The molecule has 1 N–H and O–H groups in total. The van der Waals surface area contributed by atoms with Crippen LogP contribution in [0.15, 0.2) is 54.6 Å². The number of benzene rings is 2. The Balaban J connectivity index is 1.85. The van der Waals surface area contributed by atoms with Crippen molar-refractivity contribution in [2.75, 3.05) is 10.4 Å². The summed E-state index contributed by atoms with van der Waals surface area (Å²) in [5, 5.41) is 24.1. The van der Waals surface area contributed by atoms with E-state index in [1.165, 1.54) is 23.3 Å². The van der Waals surface area contributed by atoms with Crippen LogP contribution in [0.5, 0.6) is 0 Å². The van der Waals surface area contributed by atoms with E-state index < -0.39 is 23.0 Å². The molecule has 1 amide bonds. The third-order valence-corrected chi connectivity index (χ3v) is 3.78. The second-order valence-corrected chi connectivity index (χ2v) is 5.40. The van der Waals surface area contributed by atoms with Crippen LogP contribution in [-0.2, 0) is 9.63 Å². The van der Waals surface area contributed by atoms with Gasteiger partial charge in [0, 0.05) is 12.5 Å². The summed E-state index contributed by atoms with van der Waals surface area (Å²) in [6.07, 6.45) is -0.598. The van der Waals surface area contributed by atoms with E-state index in [-0.39, 0.29) is 17.8 Å². The summed E-state index contributed by atoms with van der Waals surface area (Å²) in [6, 6.07) is 16.0. The summed E-state index contributed by atoms with van der Waals surface area (Å²) in [6.45, 7) is 0. The topological polar surface area (TPSA) is 108 Å². The number of hydrogen-bond acceptors (Lipinski definition) is 6. The lowest BCUT2D eigenvalue weighted by molar-refractivity contribution is -0.383. The standard InChI is InChI=1S/C17H14N4O4/c18-11-13-10-16(20(25-13)12-6-2-1-3-7-12)17(22)19-14-8-4-5-9-15(14)21(23)24/h1-9,13,16H,10H2,(H,19,22). The molecule has 0 spiro atoms. The minimum Gasteiger partial charge on any atom is -0.318 e. The Morgan fingerprint density at radius 2 is 1.92 bits per heavy atom. The molecule has 0 aliphatic carbocycles. The third-order valence-electron chi connectivity index (χ3n) is 3.78. The van der Waals surface area contributed by atoms with Crippen molar-refractivity contribution < 1.29 is 14.6 Å². The lowest BCUT2D eigenvalue weighted by atomic mass is 10.1. The quantitative estimate of drug-likeness (QED) is 0.678. The molecule has 2 aromatic rings. The number of anilines is 2. The largest absolute Gasteiger partial charge is 0.318 e. The average molecular weight is 338 g/mol. The van der Waals surface area contributed by atoms with E-state index in [4.69, 9.17) is 10.1 Å². The first-order valence-corrected chi connectivity index (χ1v) is 7.55. The summed E-state index contributed by atoms with van der Waals surface area (Å²) in [4.78, 5) is 28.7. The molecule has 2 unspecified atom stereocenters. The molecule has 8 heteroatoms. The van der Waals surface area contributed by atoms with Crippen LogP contribution in [-0.4, -0.2) is 23.0 Å². The van der Waals surface area contributed by atoms with Crippen molar-refractivity contribution in [2.45, 2.75) is 18.6 Å². The predicted molar refractivity (Wildman–Crippen MR) is 89.5 cm³/mol. The van der Waals surface area contributed by atoms with E-state index in [1.807, 2.05) is 12.1 Å². The highest BCUT2D eigenvalue weighted by Gasteiger charge is 2.39. The molecule has 1 aliphatic rings. The summed E-state index contributed by atoms with van der Waals surface area (Å²) >= 11 is 0. The van der Waals surface area contributed by atoms with E-state index in [0.717, 1.165) is 0 Å². The molecule has 0 aromatic heterocycles. The highest BCUT2D eigenvalue weighted by atomic mass is 16.7. The first-order valence-electron chi connectivity index (χ1n) is 7.55. The maximum atomic E-state index is 12.7. The van der Waals surface area contributed by atoms with Gasteiger partial charge in [-0.25, -0.2) is 5.06 Å². The molecular weight excluding hydrogens is 324 g/mol. The Kier molecular flexibility index (Phi) is 4.59. The summed E-state index contributed by atoms with van der Waals surface area (Å²) in [7, 11) is 0. The third kappa shape index (κ3) is 3.41. The smallest absolute Gasteiger partial charge is 0.292 e. The number of hydroxylamine groups is 1. The van der Waals surface area contributed by atoms with Gasteiger partial charge < -0.3 is 5.32 Å². The lowest BCUT2D eigenvalue weighted by Crippen LogP contribution is -2.39. The number of nitrogens with one attached hydrogen (secondary N) is 1. The van der Waals surface area contributed by atoms with Crippen molar-refractivity contribution in [1.29, 1.82) is 5.26 Å².